The molecule has 1 unspecified atom stereocenters. The normalized spacial score (nSPS) is 19.9. The molecule has 1 saturated heterocycles. The van der Waals surface area contributed by atoms with Gasteiger partial charge in [0.25, 0.3) is 0 Å². The number of hydrogen-bond donors (Lipinski definition) is 0. The highest BCUT2D eigenvalue weighted by Gasteiger charge is 2.21. The van der Waals surface area contributed by atoms with Crippen molar-refractivity contribution >= 4 is 5.82 Å². The molecule has 0 saturated carbocycles. The highest BCUT2D eigenvalue weighted by atomic mass is 16.5. The van der Waals surface area contributed by atoms with E-state index >= 15 is 0 Å². The average Bonchev–Trinajstić information content (AvgIpc) is 2.47. The molecule has 0 bridgehead atoms. The first-order chi connectivity index (χ1) is 10.5. The molecule has 0 spiro atoms. The Morgan fingerprint density at radius 3 is 2.68 bits per heavy atom. The zero-order chi connectivity index (χ0) is 16.1. The summed E-state index contributed by atoms with van der Waals surface area (Å²) in [6, 6.07) is 4.77. The largest absolute Gasteiger partial charge is 0.374 e. The predicted octanol–water partition coefficient (Wildman–Crippen LogP) is 1.69. The fourth-order valence-corrected chi connectivity index (χ4v) is 2.68. The van der Waals surface area contributed by atoms with Gasteiger partial charge in [0.15, 0.2) is 0 Å². The number of ether oxygens (including phenoxy) is 1. The molecular formula is C17H30N4O. The van der Waals surface area contributed by atoms with Crippen LogP contribution in [0.1, 0.15) is 19.4 Å². The Balaban J connectivity index is 1.90. The summed E-state index contributed by atoms with van der Waals surface area (Å²) in [4.78, 5) is 11.4. The Hall–Kier alpha value is -1.17. The molecule has 2 heterocycles. The molecule has 1 fully saturated rings. The van der Waals surface area contributed by atoms with Crippen molar-refractivity contribution in [3.8, 4) is 0 Å². The Bertz CT molecular complexity index is 446. The quantitative estimate of drug-likeness (QED) is 0.798. The van der Waals surface area contributed by atoms with Crippen LogP contribution in [0.4, 0.5) is 5.82 Å². The van der Waals surface area contributed by atoms with Crippen LogP contribution in [0.15, 0.2) is 18.3 Å². The van der Waals surface area contributed by atoms with E-state index in [0.29, 0.717) is 12.1 Å². The second-order valence-corrected chi connectivity index (χ2v) is 6.72. The van der Waals surface area contributed by atoms with Crippen LogP contribution in [0.3, 0.4) is 0 Å². The van der Waals surface area contributed by atoms with Crippen molar-refractivity contribution in [3.05, 3.63) is 23.9 Å². The van der Waals surface area contributed by atoms with Crippen LogP contribution >= 0.6 is 0 Å². The van der Waals surface area contributed by atoms with E-state index in [1.807, 2.05) is 6.20 Å². The number of hydrogen-bond acceptors (Lipinski definition) is 5. The van der Waals surface area contributed by atoms with Crippen molar-refractivity contribution < 1.29 is 4.74 Å². The fourth-order valence-electron chi connectivity index (χ4n) is 2.68. The topological polar surface area (TPSA) is 31.8 Å². The van der Waals surface area contributed by atoms with Crippen LogP contribution in [0.25, 0.3) is 0 Å². The van der Waals surface area contributed by atoms with E-state index in [-0.39, 0.29) is 0 Å². The maximum Gasteiger partial charge on any atom is 0.128 e. The Labute approximate surface area is 134 Å². The minimum atomic E-state index is 0.308. The molecule has 5 nitrogen and oxygen atoms in total. The van der Waals surface area contributed by atoms with Crippen LogP contribution in [0.2, 0.25) is 0 Å². The van der Waals surface area contributed by atoms with Crippen molar-refractivity contribution in [1.82, 2.24) is 14.8 Å². The van der Waals surface area contributed by atoms with E-state index in [2.05, 4.69) is 66.8 Å². The third-order valence-corrected chi connectivity index (χ3v) is 4.14. The lowest BCUT2D eigenvalue weighted by Crippen LogP contribution is -2.45. The van der Waals surface area contributed by atoms with Gasteiger partial charge in [-0.2, -0.15) is 0 Å². The van der Waals surface area contributed by atoms with Crippen LogP contribution in [0.5, 0.6) is 0 Å². The second kappa shape index (κ2) is 7.90. The zero-order valence-corrected chi connectivity index (χ0v) is 14.6. The van der Waals surface area contributed by atoms with Gasteiger partial charge in [-0.1, -0.05) is 6.07 Å². The molecule has 124 valence electrons. The van der Waals surface area contributed by atoms with Gasteiger partial charge in [0, 0.05) is 45.5 Å². The third kappa shape index (κ3) is 4.93. The number of anilines is 1. The molecule has 1 aromatic rings. The van der Waals surface area contributed by atoms with Crippen LogP contribution in [0, 0.1) is 0 Å². The fraction of sp³-hybridized carbons (Fsp3) is 0.706. The number of rotatable bonds is 6. The average molecular weight is 306 g/mol. The van der Waals surface area contributed by atoms with Crippen LogP contribution in [-0.4, -0.2) is 74.3 Å². The first-order valence-corrected chi connectivity index (χ1v) is 8.12. The molecule has 0 radical (unpaired) electrons. The summed E-state index contributed by atoms with van der Waals surface area (Å²) < 4.78 is 5.83. The number of aromatic nitrogens is 1. The molecule has 1 aliphatic rings. The molecule has 0 N–H and O–H groups in total. The molecule has 1 aromatic heterocycles. The minimum Gasteiger partial charge on any atom is -0.374 e. The number of likely N-dealkylation sites (N-methyl/N-ethyl adjacent to an activating group) is 1. The highest BCUT2D eigenvalue weighted by Crippen LogP contribution is 2.15. The van der Waals surface area contributed by atoms with Crippen molar-refractivity contribution in [2.24, 2.45) is 0 Å². The minimum absolute atomic E-state index is 0.308. The summed E-state index contributed by atoms with van der Waals surface area (Å²) in [5, 5.41) is 0. The van der Waals surface area contributed by atoms with Gasteiger partial charge < -0.3 is 14.5 Å². The van der Waals surface area contributed by atoms with Crippen LogP contribution in [-0.2, 0) is 11.3 Å². The smallest absolute Gasteiger partial charge is 0.128 e. The molecule has 5 heteroatoms. The van der Waals surface area contributed by atoms with Crippen molar-refractivity contribution in [3.63, 3.8) is 0 Å². The first-order valence-electron chi connectivity index (χ1n) is 8.12. The summed E-state index contributed by atoms with van der Waals surface area (Å²) >= 11 is 0. The first kappa shape index (κ1) is 17.2. The van der Waals surface area contributed by atoms with Gasteiger partial charge in [-0.3, -0.25) is 4.90 Å². The third-order valence-electron chi connectivity index (χ3n) is 4.14. The van der Waals surface area contributed by atoms with Crippen LogP contribution < -0.4 is 4.90 Å². The lowest BCUT2D eigenvalue weighted by atomic mass is 10.2. The van der Waals surface area contributed by atoms with Gasteiger partial charge >= 0.3 is 0 Å². The van der Waals surface area contributed by atoms with E-state index in [0.717, 1.165) is 38.6 Å². The molecule has 0 aromatic carbocycles. The molecule has 1 aliphatic heterocycles. The van der Waals surface area contributed by atoms with Gasteiger partial charge in [-0.25, -0.2) is 4.98 Å². The summed E-state index contributed by atoms with van der Waals surface area (Å²) in [7, 11) is 6.27. The van der Waals surface area contributed by atoms with Crippen molar-refractivity contribution in [2.45, 2.75) is 32.5 Å². The standard InChI is InChI=1S/C17H30N4O/c1-14(2)20(5)17-7-6-15(10-18-17)11-21-8-9-22-16(13-21)12-19(3)4/h6-7,10,14,16H,8-9,11-13H2,1-5H3. The molecule has 2 rings (SSSR count). The van der Waals surface area contributed by atoms with Gasteiger partial charge in [0.2, 0.25) is 0 Å². The SMILES string of the molecule is CC(C)N(C)c1ccc(CN2CCOC(CN(C)C)C2)cn1. The Morgan fingerprint density at radius 2 is 2.09 bits per heavy atom. The zero-order valence-electron chi connectivity index (χ0n) is 14.6. The summed E-state index contributed by atoms with van der Waals surface area (Å²) in [5.41, 5.74) is 1.27. The molecule has 0 aliphatic carbocycles. The van der Waals surface area contributed by atoms with E-state index < -0.39 is 0 Å². The van der Waals surface area contributed by atoms with Gasteiger partial charge in [0.1, 0.15) is 5.82 Å². The lowest BCUT2D eigenvalue weighted by Gasteiger charge is -2.34. The second-order valence-electron chi connectivity index (χ2n) is 6.72. The summed E-state index contributed by atoms with van der Waals surface area (Å²) in [6.07, 6.45) is 2.31. The van der Waals surface area contributed by atoms with Gasteiger partial charge in [0.05, 0.1) is 12.7 Å². The highest BCUT2D eigenvalue weighted by molar-refractivity contribution is 5.39. The van der Waals surface area contributed by atoms with Crippen molar-refractivity contribution in [2.75, 3.05) is 52.3 Å². The van der Waals surface area contributed by atoms with Gasteiger partial charge in [-0.05, 0) is 39.6 Å². The number of morpholine rings is 1. The van der Waals surface area contributed by atoms with E-state index in [4.69, 9.17) is 4.74 Å². The predicted molar refractivity (Wildman–Crippen MR) is 91.3 cm³/mol. The monoisotopic (exact) mass is 306 g/mol. The number of pyridine rings is 1. The lowest BCUT2D eigenvalue weighted by molar-refractivity contribution is -0.0407. The summed E-state index contributed by atoms with van der Waals surface area (Å²) in [5.74, 6) is 1.03. The molecule has 0 amide bonds. The molecular weight excluding hydrogens is 276 g/mol. The maximum absolute atomic E-state index is 5.83. The Kier molecular flexibility index (Phi) is 6.17. The van der Waals surface area contributed by atoms with E-state index in [9.17, 15) is 0 Å². The van der Waals surface area contributed by atoms with Crippen molar-refractivity contribution in [1.29, 1.82) is 0 Å². The Morgan fingerprint density at radius 1 is 1.32 bits per heavy atom. The van der Waals surface area contributed by atoms with E-state index in [1.54, 1.807) is 0 Å². The molecule has 22 heavy (non-hydrogen) atoms. The van der Waals surface area contributed by atoms with E-state index in [1.165, 1.54) is 5.56 Å². The van der Waals surface area contributed by atoms with Gasteiger partial charge in [-0.15, -0.1) is 0 Å². The maximum atomic E-state index is 5.83. The molecule has 1 atom stereocenters. The number of nitrogens with zero attached hydrogens (tertiary/aromatic N) is 4. The summed E-state index contributed by atoms with van der Waals surface area (Å²) in [6.45, 7) is 9.09.